The molecule has 0 bridgehead atoms. The molecule has 6 nitrogen and oxygen atoms in total. The molecule has 0 aliphatic heterocycles. The molecule has 17 heavy (non-hydrogen) atoms. The molecular weight excluding hydrogens is 222 g/mol. The number of aromatic nitrogens is 2. The summed E-state index contributed by atoms with van der Waals surface area (Å²) in [5, 5.41) is 20.4. The molecule has 1 heterocycles. The zero-order chi connectivity index (χ0) is 12.4. The molecule has 1 aromatic carbocycles. The van der Waals surface area contributed by atoms with Gasteiger partial charge in [0.1, 0.15) is 5.69 Å². The fraction of sp³-hybridized carbons (Fsp3) is 0.182. The zero-order valence-electron chi connectivity index (χ0n) is 9.15. The number of rotatable bonds is 3. The summed E-state index contributed by atoms with van der Waals surface area (Å²) in [6, 6.07) is 4.63. The van der Waals surface area contributed by atoms with Gasteiger partial charge in [0.2, 0.25) is 0 Å². The third kappa shape index (κ3) is 2.16. The van der Waals surface area contributed by atoms with Gasteiger partial charge in [-0.05, 0) is 18.6 Å². The molecule has 2 rings (SSSR count). The summed E-state index contributed by atoms with van der Waals surface area (Å²) in [4.78, 5) is 14.4. The maximum Gasteiger partial charge on any atom is 0.293 e. The lowest BCUT2D eigenvalue weighted by Crippen LogP contribution is -2.01. The Morgan fingerprint density at radius 1 is 1.53 bits per heavy atom. The van der Waals surface area contributed by atoms with Crippen LogP contribution in [0.3, 0.4) is 0 Å². The minimum atomic E-state index is -0.731. The van der Waals surface area contributed by atoms with Gasteiger partial charge in [0, 0.05) is 18.5 Å². The van der Waals surface area contributed by atoms with Gasteiger partial charge >= 0.3 is 0 Å². The van der Waals surface area contributed by atoms with Crippen LogP contribution in [0.1, 0.15) is 18.6 Å². The van der Waals surface area contributed by atoms with Crippen LogP contribution in [0, 0.1) is 10.1 Å². The Morgan fingerprint density at radius 2 is 2.29 bits per heavy atom. The minimum Gasteiger partial charge on any atom is -0.389 e. The normalized spacial score (nSPS) is 12.4. The second-order valence-electron chi connectivity index (χ2n) is 3.65. The Hall–Kier alpha value is -2.21. The predicted molar refractivity (Wildman–Crippen MR) is 60.9 cm³/mol. The number of nitrogens with zero attached hydrogens (tertiary/aromatic N) is 3. The number of aliphatic hydroxyl groups excluding tert-OH is 1. The van der Waals surface area contributed by atoms with Crippen molar-refractivity contribution in [3.8, 4) is 5.69 Å². The van der Waals surface area contributed by atoms with Gasteiger partial charge in [0.25, 0.3) is 5.69 Å². The summed E-state index contributed by atoms with van der Waals surface area (Å²) in [5.41, 5.74) is 0.888. The van der Waals surface area contributed by atoms with Crippen molar-refractivity contribution in [3.05, 3.63) is 52.6 Å². The summed E-state index contributed by atoms with van der Waals surface area (Å²) in [6.45, 7) is 1.57. The zero-order valence-corrected chi connectivity index (χ0v) is 9.15. The SMILES string of the molecule is C[C@H](O)c1ccc(-n2ccnc2)c([N+](=O)[O-])c1. The number of nitro benzene ring substituents is 1. The molecule has 6 heteroatoms. The highest BCUT2D eigenvalue weighted by molar-refractivity contribution is 5.54. The van der Waals surface area contributed by atoms with Crippen LogP contribution in [0.2, 0.25) is 0 Å². The molecule has 0 radical (unpaired) electrons. The topological polar surface area (TPSA) is 81.2 Å². The maximum atomic E-state index is 11.0. The van der Waals surface area contributed by atoms with Gasteiger partial charge in [-0.25, -0.2) is 4.98 Å². The first-order valence-electron chi connectivity index (χ1n) is 5.04. The summed E-state index contributed by atoms with van der Waals surface area (Å²) in [6.07, 6.45) is 3.94. The number of aliphatic hydroxyl groups is 1. The molecule has 1 N–H and O–H groups in total. The van der Waals surface area contributed by atoms with E-state index in [9.17, 15) is 15.2 Å². The van der Waals surface area contributed by atoms with Crippen LogP contribution in [0.4, 0.5) is 5.69 Å². The molecule has 0 aliphatic carbocycles. The van der Waals surface area contributed by atoms with Gasteiger partial charge in [-0.2, -0.15) is 0 Å². The lowest BCUT2D eigenvalue weighted by Gasteiger charge is -2.08. The van der Waals surface area contributed by atoms with E-state index in [0.717, 1.165) is 0 Å². The van der Waals surface area contributed by atoms with Crippen molar-refractivity contribution in [1.29, 1.82) is 0 Å². The molecule has 0 fully saturated rings. The van der Waals surface area contributed by atoms with E-state index >= 15 is 0 Å². The standard InChI is InChI=1S/C11H11N3O3/c1-8(15)9-2-3-10(11(6-9)14(16)17)13-5-4-12-7-13/h2-8,15H,1H3/t8-/m0/s1. The molecule has 0 saturated heterocycles. The molecule has 2 aromatic rings. The van der Waals surface area contributed by atoms with Crippen molar-refractivity contribution in [2.45, 2.75) is 13.0 Å². The van der Waals surface area contributed by atoms with Crippen molar-refractivity contribution in [2.24, 2.45) is 0 Å². The molecule has 1 atom stereocenters. The Labute approximate surface area is 97.3 Å². The van der Waals surface area contributed by atoms with Crippen LogP contribution in [-0.4, -0.2) is 19.6 Å². The van der Waals surface area contributed by atoms with E-state index in [-0.39, 0.29) is 5.69 Å². The van der Waals surface area contributed by atoms with E-state index in [1.807, 2.05) is 0 Å². The van der Waals surface area contributed by atoms with E-state index in [1.165, 1.54) is 12.4 Å². The molecular formula is C11H11N3O3. The average molecular weight is 233 g/mol. The van der Waals surface area contributed by atoms with Crippen LogP contribution < -0.4 is 0 Å². The monoisotopic (exact) mass is 233 g/mol. The number of hydrogen-bond acceptors (Lipinski definition) is 4. The van der Waals surface area contributed by atoms with E-state index in [1.54, 1.807) is 36.0 Å². The number of hydrogen-bond donors (Lipinski definition) is 1. The molecule has 0 saturated carbocycles. The second-order valence-corrected chi connectivity index (χ2v) is 3.65. The molecule has 0 spiro atoms. The number of benzene rings is 1. The van der Waals surface area contributed by atoms with Gasteiger partial charge in [0.15, 0.2) is 0 Å². The molecule has 1 aromatic heterocycles. The molecule has 0 aliphatic rings. The smallest absolute Gasteiger partial charge is 0.293 e. The molecule has 88 valence electrons. The van der Waals surface area contributed by atoms with E-state index in [0.29, 0.717) is 11.3 Å². The van der Waals surface area contributed by atoms with E-state index in [2.05, 4.69) is 4.98 Å². The number of imidazole rings is 1. The summed E-state index contributed by atoms with van der Waals surface area (Å²) in [5.74, 6) is 0. The lowest BCUT2D eigenvalue weighted by atomic mass is 10.1. The van der Waals surface area contributed by atoms with Gasteiger partial charge in [-0.1, -0.05) is 6.07 Å². The number of nitro groups is 1. The van der Waals surface area contributed by atoms with Gasteiger partial charge in [-0.3, -0.25) is 10.1 Å². The van der Waals surface area contributed by atoms with Crippen molar-refractivity contribution >= 4 is 5.69 Å². The van der Waals surface area contributed by atoms with Crippen molar-refractivity contribution in [1.82, 2.24) is 9.55 Å². The van der Waals surface area contributed by atoms with Crippen molar-refractivity contribution in [3.63, 3.8) is 0 Å². The fourth-order valence-corrected chi connectivity index (χ4v) is 1.57. The van der Waals surface area contributed by atoms with E-state index < -0.39 is 11.0 Å². The first kappa shape index (κ1) is 11.3. The minimum absolute atomic E-state index is 0.0543. The van der Waals surface area contributed by atoms with Crippen LogP contribution >= 0.6 is 0 Å². The molecule has 0 amide bonds. The van der Waals surface area contributed by atoms with E-state index in [4.69, 9.17) is 0 Å². The Kier molecular flexibility index (Phi) is 2.88. The van der Waals surface area contributed by atoms with Crippen molar-refractivity contribution in [2.75, 3.05) is 0 Å². The van der Waals surface area contributed by atoms with Gasteiger partial charge < -0.3 is 9.67 Å². The molecule has 0 unspecified atom stereocenters. The van der Waals surface area contributed by atoms with Crippen LogP contribution in [-0.2, 0) is 0 Å². The lowest BCUT2D eigenvalue weighted by molar-refractivity contribution is -0.384. The van der Waals surface area contributed by atoms with Crippen LogP contribution in [0.25, 0.3) is 5.69 Å². The highest BCUT2D eigenvalue weighted by atomic mass is 16.6. The first-order valence-corrected chi connectivity index (χ1v) is 5.04. The van der Waals surface area contributed by atoms with Crippen molar-refractivity contribution < 1.29 is 10.0 Å². The predicted octanol–water partition coefficient (Wildman–Crippen LogP) is 1.83. The third-order valence-electron chi connectivity index (χ3n) is 2.46. The second kappa shape index (κ2) is 4.34. The third-order valence-corrected chi connectivity index (χ3v) is 2.46. The van der Waals surface area contributed by atoms with Crippen LogP contribution in [0.15, 0.2) is 36.9 Å². The summed E-state index contributed by atoms with van der Waals surface area (Å²) >= 11 is 0. The first-order chi connectivity index (χ1) is 8.09. The van der Waals surface area contributed by atoms with Gasteiger partial charge in [-0.15, -0.1) is 0 Å². The Bertz CT molecular complexity index is 535. The highest BCUT2D eigenvalue weighted by Crippen LogP contribution is 2.26. The highest BCUT2D eigenvalue weighted by Gasteiger charge is 2.17. The Morgan fingerprint density at radius 3 is 2.82 bits per heavy atom. The Balaban J connectivity index is 2.57. The maximum absolute atomic E-state index is 11.0. The van der Waals surface area contributed by atoms with Crippen LogP contribution in [0.5, 0.6) is 0 Å². The quantitative estimate of drug-likeness (QED) is 0.647. The fourth-order valence-electron chi connectivity index (χ4n) is 1.57. The summed E-state index contributed by atoms with van der Waals surface area (Å²) < 4.78 is 1.56. The average Bonchev–Trinajstić information content (AvgIpc) is 2.81. The summed E-state index contributed by atoms with van der Waals surface area (Å²) in [7, 11) is 0. The largest absolute Gasteiger partial charge is 0.389 e. The van der Waals surface area contributed by atoms with Gasteiger partial charge in [0.05, 0.1) is 17.4 Å².